The van der Waals surface area contributed by atoms with Crippen LogP contribution in [0.4, 0.5) is 10.5 Å². The van der Waals surface area contributed by atoms with E-state index in [2.05, 4.69) is 11.9 Å². The van der Waals surface area contributed by atoms with Gasteiger partial charge in [0.15, 0.2) is 11.5 Å². The maximum Gasteiger partial charge on any atom is 0.335 e. The molecule has 0 radical (unpaired) electrons. The SMILES string of the molecule is C=CCc1cc(/C=C2\C(=O)NC(=O)N(c3ccc(OC)cc3)C2=O)cc(OC)c1O. The Morgan fingerprint density at radius 3 is 2.40 bits per heavy atom. The Labute approximate surface area is 173 Å². The van der Waals surface area contributed by atoms with Crippen molar-refractivity contribution >= 4 is 29.6 Å². The number of ether oxygens (including phenoxy) is 2. The van der Waals surface area contributed by atoms with Crippen LogP contribution in [0.2, 0.25) is 0 Å². The fourth-order valence-corrected chi connectivity index (χ4v) is 3.03. The van der Waals surface area contributed by atoms with E-state index in [0.717, 1.165) is 4.90 Å². The van der Waals surface area contributed by atoms with Gasteiger partial charge in [0.2, 0.25) is 0 Å². The minimum Gasteiger partial charge on any atom is -0.504 e. The largest absolute Gasteiger partial charge is 0.504 e. The van der Waals surface area contributed by atoms with Gasteiger partial charge in [0, 0.05) is 5.56 Å². The summed E-state index contributed by atoms with van der Waals surface area (Å²) in [6, 6.07) is 8.53. The van der Waals surface area contributed by atoms with Crippen molar-refractivity contribution in [3.63, 3.8) is 0 Å². The number of methoxy groups -OCH3 is 2. The number of hydrogen-bond donors (Lipinski definition) is 2. The molecule has 0 bridgehead atoms. The number of carbonyl (C=O) groups excluding carboxylic acids is 3. The maximum atomic E-state index is 13.0. The van der Waals surface area contributed by atoms with Crippen LogP contribution in [0.3, 0.4) is 0 Å². The first-order valence-corrected chi connectivity index (χ1v) is 8.96. The van der Waals surface area contributed by atoms with Crippen LogP contribution in [-0.2, 0) is 16.0 Å². The molecule has 3 rings (SSSR count). The second kappa shape index (κ2) is 8.52. The average molecular weight is 408 g/mol. The number of carbonyl (C=O) groups is 3. The summed E-state index contributed by atoms with van der Waals surface area (Å²) < 4.78 is 10.3. The lowest BCUT2D eigenvalue weighted by atomic mass is 10.0. The van der Waals surface area contributed by atoms with E-state index in [-0.39, 0.29) is 22.8 Å². The summed E-state index contributed by atoms with van der Waals surface area (Å²) in [6.07, 6.45) is 3.30. The van der Waals surface area contributed by atoms with Gasteiger partial charge in [-0.3, -0.25) is 14.9 Å². The van der Waals surface area contributed by atoms with E-state index >= 15 is 0 Å². The zero-order chi connectivity index (χ0) is 21.8. The number of phenolic OH excluding ortho intramolecular Hbond substituents is 1. The molecule has 30 heavy (non-hydrogen) atoms. The zero-order valence-corrected chi connectivity index (χ0v) is 16.5. The van der Waals surface area contributed by atoms with Crippen molar-refractivity contribution in [1.82, 2.24) is 5.32 Å². The monoisotopic (exact) mass is 408 g/mol. The third-order valence-corrected chi connectivity index (χ3v) is 4.50. The van der Waals surface area contributed by atoms with E-state index in [0.29, 0.717) is 23.3 Å². The van der Waals surface area contributed by atoms with Gasteiger partial charge in [0.1, 0.15) is 11.3 Å². The first-order valence-electron chi connectivity index (χ1n) is 8.96. The van der Waals surface area contributed by atoms with Crippen molar-refractivity contribution in [3.8, 4) is 17.2 Å². The lowest BCUT2D eigenvalue weighted by Gasteiger charge is -2.26. The van der Waals surface area contributed by atoms with Crippen LogP contribution >= 0.6 is 0 Å². The Bertz CT molecular complexity index is 1060. The molecule has 0 atom stereocenters. The number of amides is 4. The van der Waals surface area contributed by atoms with Gasteiger partial charge in [0.25, 0.3) is 11.8 Å². The molecule has 0 spiro atoms. The van der Waals surface area contributed by atoms with Gasteiger partial charge in [-0.2, -0.15) is 0 Å². The lowest BCUT2D eigenvalue weighted by Crippen LogP contribution is -2.54. The molecule has 1 aliphatic heterocycles. The zero-order valence-electron chi connectivity index (χ0n) is 16.5. The molecule has 1 fully saturated rings. The van der Waals surface area contributed by atoms with E-state index in [1.165, 1.54) is 38.5 Å². The number of benzene rings is 2. The minimum atomic E-state index is -0.844. The summed E-state index contributed by atoms with van der Waals surface area (Å²) in [6.45, 7) is 3.65. The molecule has 0 aliphatic carbocycles. The summed E-state index contributed by atoms with van der Waals surface area (Å²) in [5.74, 6) is -0.887. The standard InChI is InChI=1S/C22H20N2O6/c1-4-5-14-10-13(12-18(30-3)19(14)25)11-17-20(26)23-22(28)24(21(17)27)15-6-8-16(29-2)9-7-15/h4,6-12,25H,1,5H2,2-3H3,(H,23,26,28)/b17-11+. The van der Waals surface area contributed by atoms with E-state index in [9.17, 15) is 19.5 Å². The lowest BCUT2D eigenvalue weighted by molar-refractivity contribution is -0.122. The average Bonchev–Trinajstić information content (AvgIpc) is 2.73. The van der Waals surface area contributed by atoms with E-state index in [1.807, 2.05) is 0 Å². The molecule has 0 aromatic heterocycles. The van der Waals surface area contributed by atoms with Gasteiger partial charge >= 0.3 is 6.03 Å². The predicted octanol–water partition coefficient (Wildman–Crippen LogP) is 2.80. The fourth-order valence-electron chi connectivity index (χ4n) is 3.03. The van der Waals surface area contributed by atoms with Crippen LogP contribution in [-0.4, -0.2) is 37.2 Å². The molecule has 154 valence electrons. The van der Waals surface area contributed by atoms with Crippen molar-refractivity contribution in [2.75, 3.05) is 19.1 Å². The van der Waals surface area contributed by atoms with Gasteiger partial charge in [-0.05, 0) is 54.5 Å². The molecule has 1 heterocycles. The maximum absolute atomic E-state index is 13.0. The number of allylic oxidation sites excluding steroid dienone is 1. The Hall–Kier alpha value is -4.07. The van der Waals surface area contributed by atoms with Gasteiger partial charge in [-0.25, -0.2) is 9.69 Å². The number of phenols is 1. The van der Waals surface area contributed by atoms with E-state index in [1.54, 1.807) is 24.3 Å². The number of hydrogen-bond acceptors (Lipinski definition) is 6. The van der Waals surface area contributed by atoms with Crippen LogP contribution in [0.1, 0.15) is 11.1 Å². The molecule has 2 aromatic rings. The number of nitrogens with zero attached hydrogens (tertiary/aromatic N) is 1. The minimum absolute atomic E-state index is 0.0472. The van der Waals surface area contributed by atoms with Crippen molar-refractivity contribution in [1.29, 1.82) is 0 Å². The molecule has 2 N–H and O–H groups in total. The highest BCUT2D eigenvalue weighted by Crippen LogP contribution is 2.33. The predicted molar refractivity (Wildman–Crippen MR) is 111 cm³/mol. The molecule has 0 unspecified atom stereocenters. The molecule has 0 saturated carbocycles. The van der Waals surface area contributed by atoms with Crippen LogP contribution in [0.5, 0.6) is 17.2 Å². The Balaban J connectivity index is 2.04. The fraction of sp³-hybridized carbons (Fsp3) is 0.136. The number of barbiturate groups is 1. The highest BCUT2D eigenvalue weighted by atomic mass is 16.5. The van der Waals surface area contributed by atoms with Crippen molar-refractivity contribution < 1.29 is 29.0 Å². The smallest absolute Gasteiger partial charge is 0.335 e. The van der Waals surface area contributed by atoms with Crippen molar-refractivity contribution in [3.05, 3.63) is 65.8 Å². The van der Waals surface area contributed by atoms with Gasteiger partial charge < -0.3 is 14.6 Å². The van der Waals surface area contributed by atoms with Crippen LogP contribution < -0.4 is 19.7 Å². The van der Waals surface area contributed by atoms with Gasteiger partial charge in [0.05, 0.1) is 19.9 Å². The summed E-state index contributed by atoms with van der Waals surface area (Å²) >= 11 is 0. The number of anilines is 1. The number of nitrogens with one attached hydrogen (secondary N) is 1. The third kappa shape index (κ3) is 3.88. The first-order chi connectivity index (χ1) is 14.4. The molecule has 8 heteroatoms. The van der Waals surface area contributed by atoms with Gasteiger partial charge in [-0.1, -0.05) is 6.08 Å². The summed E-state index contributed by atoms with van der Waals surface area (Å²) in [4.78, 5) is 38.5. The highest BCUT2D eigenvalue weighted by Gasteiger charge is 2.36. The molecule has 1 aliphatic rings. The summed E-state index contributed by atoms with van der Waals surface area (Å²) in [5, 5.41) is 12.4. The normalized spacial score (nSPS) is 15.2. The van der Waals surface area contributed by atoms with Crippen LogP contribution in [0, 0.1) is 0 Å². The summed E-state index contributed by atoms with van der Waals surface area (Å²) in [7, 11) is 2.89. The molecule has 1 saturated heterocycles. The highest BCUT2D eigenvalue weighted by molar-refractivity contribution is 6.39. The second-order valence-corrected chi connectivity index (χ2v) is 6.38. The topological polar surface area (TPSA) is 105 Å². The molecular weight excluding hydrogens is 388 g/mol. The van der Waals surface area contributed by atoms with Crippen LogP contribution in [0.15, 0.2) is 54.6 Å². The number of rotatable bonds is 6. The summed E-state index contributed by atoms with van der Waals surface area (Å²) in [5.41, 5.74) is 1.02. The molecular formula is C22H20N2O6. The second-order valence-electron chi connectivity index (χ2n) is 6.38. The number of imide groups is 2. The Morgan fingerprint density at radius 2 is 1.80 bits per heavy atom. The molecule has 2 aromatic carbocycles. The first kappa shape index (κ1) is 20.7. The quantitative estimate of drug-likeness (QED) is 0.433. The van der Waals surface area contributed by atoms with Crippen molar-refractivity contribution in [2.24, 2.45) is 0 Å². The Morgan fingerprint density at radius 1 is 1.10 bits per heavy atom. The molecule has 4 amide bonds. The van der Waals surface area contributed by atoms with Crippen LogP contribution in [0.25, 0.3) is 6.08 Å². The van der Waals surface area contributed by atoms with Gasteiger partial charge in [-0.15, -0.1) is 6.58 Å². The van der Waals surface area contributed by atoms with E-state index < -0.39 is 17.8 Å². The van der Waals surface area contributed by atoms with Crippen molar-refractivity contribution in [2.45, 2.75) is 6.42 Å². The number of urea groups is 1. The van der Waals surface area contributed by atoms with E-state index in [4.69, 9.17) is 9.47 Å². The number of aromatic hydroxyl groups is 1. The third-order valence-electron chi connectivity index (χ3n) is 4.50. The molecule has 8 nitrogen and oxygen atoms in total. The Kier molecular flexibility index (Phi) is 5.87.